The van der Waals surface area contributed by atoms with E-state index in [9.17, 15) is 9.90 Å². The second kappa shape index (κ2) is 4.92. The maximum absolute atomic E-state index is 11.4. The Balaban J connectivity index is 2.69. The first-order valence-electron chi connectivity index (χ1n) is 7.42. The Hall–Kier alpha value is -2.29. The molecule has 2 aromatic carbocycles. The van der Waals surface area contributed by atoms with Gasteiger partial charge in [-0.1, -0.05) is 24.2 Å². The van der Waals surface area contributed by atoms with E-state index in [0.717, 1.165) is 11.1 Å². The molecular formula is C15H15NO2. The molecule has 0 bridgehead atoms. The van der Waals surface area contributed by atoms with Crippen molar-refractivity contribution in [1.82, 2.24) is 0 Å². The van der Waals surface area contributed by atoms with Crippen molar-refractivity contribution >= 4 is 17.3 Å². The average molecular weight is 245 g/mol. The molecule has 0 aliphatic carbocycles. The highest BCUT2D eigenvalue weighted by Gasteiger charge is 2.10. The van der Waals surface area contributed by atoms with Crippen LogP contribution in [0, 0.1) is 13.8 Å². The molecule has 3 nitrogen and oxygen atoms in total. The van der Waals surface area contributed by atoms with Gasteiger partial charge in [0.25, 0.3) is 0 Å². The Morgan fingerprint density at radius 2 is 1.94 bits per heavy atom. The summed E-state index contributed by atoms with van der Waals surface area (Å²) in [4.78, 5) is 11.4. The molecule has 0 radical (unpaired) electrons. The summed E-state index contributed by atoms with van der Waals surface area (Å²) in [7, 11) is 0. The van der Waals surface area contributed by atoms with Gasteiger partial charge in [0.1, 0.15) is 0 Å². The van der Waals surface area contributed by atoms with Gasteiger partial charge in [-0.3, -0.25) is 0 Å². The molecule has 2 N–H and O–H groups in total. The summed E-state index contributed by atoms with van der Waals surface area (Å²) in [5, 5.41) is 12.1. The molecule has 0 saturated carbocycles. The standard InChI is InChI=1S/C15H15NO2/c1-10-6-5-9-13(11(10)2)16-14-8-4-3-7-12(14)15(17)18/h3-9,16H,1-2H3,(H,17,18)/i3D,4D,7D,8D. The molecule has 0 atom stereocenters. The lowest BCUT2D eigenvalue weighted by Gasteiger charge is -2.13. The Bertz CT molecular complexity index is 775. The summed E-state index contributed by atoms with van der Waals surface area (Å²) in [6, 6.07) is 3.42. The van der Waals surface area contributed by atoms with E-state index in [1.165, 1.54) is 0 Å². The van der Waals surface area contributed by atoms with Crippen LogP contribution in [-0.4, -0.2) is 11.1 Å². The van der Waals surface area contributed by atoms with Crippen LogP contribution in [0.5, 0.6) is 0 Å². The molecular weight excluding hydrogens is 226 g/mol. The number of anilines is 2. The Kier molecular flexibility index (Phi) is 2.17. The van der Waals surface area contributed by atoms with Crippen LogP contribution in [0.15, 0.2) is 42.4 Å². The average Bonchev–Trinajstić information content (AvgIpc) is 2.46. The minimum Gasteiger partial charge on any atom is -0.478 e. The number of aromatic carboxylic acids is 1. The van der Waals surface area contributed by atoms with Gasteiger partial charge in [-0.25, -0.2) is 4.79 Å². The van der Waals surface area contributed by atoms with Crippen molar-refractivity contribution in [1.29, 1.82) is 0 Å². The summed E-state index contributed by atoms with van der Waals surface area (Å²) in [5.74, 6) is -1.40. The fourth-order valence-corrected chi connectivity index (χ4v) is 1.59. The molecule has 18 heavy (non-hydrogen) atoms. The van der Waals surface area contributed by atoms with E-state index in [4.69, 9.17) is 5.48 Å². The molecule has 0 aromatic heterocycles. The van der Waals surface area contributed by atoms with Gasteiger partial charge in [-0.05, 0) is 43.1 Å². The Labute approximate surface area is 112 Å². The van der Waals surface area contributed by atoms with Crippen LogP contribution in [0.1, 0.15) is 27.0 Å². The molecule has 0 unspecified atom stereocenters. The van der Waals surface area contributed by atoms with E-state index in [1.54, 1.807) is 12.1 Å². The monoisotopic (exact) mass is 245 g/mol. The number of nitrogens with one attached hydrogen (secondary N) is 1. The van der Waals surface area contributed by atoms with Crippen LogP contribution in [0.4, 0.5) is 11.4 Å². The zero-order chi connectivity index (χ0) is 16.6. The zero-order valence-corrected chi connectivity index (χ0v) is 10.1. The Morgan fingerprint density at radius 3 is 2.67 bits per heavy atom. The molecule has 0 saturated heterocycles. The van der Waals surface area contributed by atoms with E-state index < -0.39 is 35.7 Å². The highest BCUT2D eigenvalue weighted by molar-refractivity contribution is 5.95. The molecule has 3 heteroatoms. The molecule has 0 aliphatic rings. The molecule has 0 amide bonds. The highest BCUT2D eigenvalue weighted by Crippen LogP contribution is 2.25. The van der Waals surface area contributed by atoms with Gasteiger partial charge in [-0.15, -0.1) is 0 Å². The normalized spacial score (nSPS) is 13.2. The summed E-state index contributed by atoms with van der Waals surface area (Å²) in [5.41, 5.74) is 1.88. The molecule has 92 valence electrons. The van der Waals surface area contributed by atoms with Gasteiger partial charge in [0.15, 0.2) is 0 Å². The molecule has 2 aromatic rings. The number of aryl methyl sites for hydroxylation is 1. The number of hydrogen-bond acceptors (Lipinski definition) is 2. The van der Waals surface area contributed by atoms with Crippen LogP contribution in [0.25, 0.3) is 0 Å². The Morgan fingerprint density at radius 1 is 1.22 bits per heavy atom. The summed E-state index contributed by atoms with van der Waals surface area (Å²) in [6.07, 6.45) is 0. The maximum Gasteiger partial charge on any atom is 0.337 e. The van der Waals surface area contributed by atoms with Crippen LogP contribution < -0.4 is 5.32 Å². The minimum absolute atomic E-state index is 0.132. The predicted molar refractivity (Wildman–Crippen MR) is 72.6 cm³/mol. The zero-order valence-electron chi connectivity index (χ0n) is 14.1. The van der Waals surface area contributed by atoms with Crippen molar-refractivity contribution in [2.75, 3.05) is 5.32 Å². The number of carbonyl (C=O) groups is 1. The number of hydrogen-bond donors (Lipinski definition) is 2. The van der Waals surface area contributed by atoms with E-state index in [1.807, 2.05) is 19.9 Å². The lowest BCUT2D eigenvalue weighted by Crippen LogP contribution is -2.03. The fraction of sp³-hybridized carbons (Fsp3) is 0.133. The number of carboxylic acids is 1. The molecule has 0 aliphatic heterocycles. The molecule has 0 heterocycles. The lowest BCUT2D eigenvalue weighted by molar-refractivity contribution is 0.0698. The summed E-state index contributed by atoms with van der Waals surface area (Å²) in [6.45, 7) is 3.75. The van der Waals surface area contributed by atoms with Crippen LogP contribution in [-0.2, 0) is 0 Å². The van der Waals surface area contributed by atoms with Crippen LogP contribution >= 0.6 is 0 Å². The smallest absolute Gasteiger partial charge is 0.337 e. The first-order chi connectivity index (χ1) is 10.3. The molecule has 2 rings (SSSR count). The van der Waals surface area contributed by atoms with Gasteiger partial charge in [0, 0.05) is 5.69 Å². The lowest BCUT2D eigenvalue weighted by atomic mass is 10.1. The van der Waals surface area contributed by atoms with Crippen molar-refractivity contribution in [3.05, 3.63) is 59.1 Å². The second-order valence-electron chi connectivity index (χ2n) is 3.93. The van der Waals surface area contributed by atoms with Gasteiger partial charge >= 0.3 is 5.97 Å². The van der Waals surface area contributed by atoms with E-state index in [2.05, 4.69) is 5.32 Å². The second-order valence-corrected chi connectivity index (χ2v) is 3.93. The summed E-state index contributed by atoms with van der Waals surface area (Å²) < 4.78 is 31.0. The third-order valence-corrected chi connectivity index (χ3v) is 2.77. The number of carboxylic acid groups (broad SMARTS) is 1. The first-order valence-corrected chi connectivity index (χ1v) is 5.42. The first kappa shape index (κ1) is 7.93. The SMILES string of the molecule is [2H]c1c([2H])c([2H])c(C(=O)O)c(Nc2cccc(C)c2C)c1[2H]. The van der Waals surface area contributed by atoms with Crippen molar-refractivity contribution in [2.45, 2.75) is 13.8 Å². The quantitative estimate of drug-likeness (QED) is 0.866. The number of para-hydroxylation sites is 1. The van der Waals surface area contributed by atoms with Gasteiger partial charge in [0.2, 0.25) is 0 Å². The van der Waals surface area contributed by atoms with Crippen molar-refractivity contribution < 1.29 is 15.4 Å². The van der Waals surface area contributed by atoms with Crippen LogP contribution in [0.2, 0.25) is 0 Å². The fourth-order valence-electron chi connectivity index (χ4n) is 1.59. The largest absolute Gasteiger partial charge is 0.478 e. The van der Waals surface area contributed by atoms with Gasteiger partial charge in [0.05, 0.1) is 16.7 Å². The predicted octanol–water partition coefficient (Wildman–Crippen LogP) is 3.75. The van der Waals surface area contributed by atoms with Crippen molar-refractivity contribution in [3.8, 4) is 0 Å². The van der Waals surface area contributed by atoms with E-state index >= 15 is 0 Å². The minimum atomic E-state index is -1.40. The van der Waals surface area contributed by atoms with E-state index in [-0.39, 0.29) is 5.69 Å². The third-order valence-electron chi connectivity index (χ3n) is 2.77. The van der Waals surface area contributed by atoms with Crippen LogP contribution in [0.3, 0.4) is 0 Å². The van der Waals surface area contributed by atoms with Gasteiger partial charge < -0.3 is 10.4 Å². The van der Waals surface area contributed by atoms with Crippen molar-refractivity contribution in [3.63, 3.8) is 0 Å². The van der Waals surface area contributed by atoms with Gasteiger partial charge in [-0.2, -0.15) is 0 Å². The number of benzene rings is 2. The maximum atomic E-state index is 11.4. The third kappa shape index (κ3) is 2.35. The highest BCUT2D eigenvalue weighted by atomic mass is 16.4. The number of rotatable bonds is 3. The van der Waals surface area contributed by atoms with Crippen molar-refractivity contribution in [2.24, 2.45) is 0 Å². The summed E-state index contributed by atoms with van der Waals surface area (Å²) >= 11 is 0. The molecule has 0 spiro atoms. The van der Waals surface area contributed by atoms with E-state index in [0.29, 0.717) is 5.69 Å². The molecule has 0 fully saturated rings. The topological polar surface area (TPSA) is 49.3 Å².